The molecular weight excluding hydrogens is 316 g/mol. The number of rotatable bonds is 6. The van der Waals surface area contributed by atoms with Crippen LogP contribution in [-0.4, -0.2) is 14.8 Å². The van der Waals surface area contributed by atoms with Crippen LogP contribution < -0.4 is 5.32 Å². The molecule has 2 rings (SSSR count). The van der Waals surface area contributed by atoms with E-state index in [1.807, 2.05) is 4.68 Å². The molecule has 0 aliphatic heterocycles. The maximum atomic E-state index is 4.33. The van der Waals surface area contributed by atoms with Crippen LogP contribution in [0.1, 0.15) is 38.2 Å². The summed E-state index contributed by atoms with van der Waals surface area (Å²) in [5, 5.41) is 7.77. The number of benzene rings is 1. The van der Waals surface area contributed by atoms with Gasteiger partial charge in [0, 0.05) is 17.1 Å². The van der Waals surface area contributed by atoms with E-state index < -0.39 is 0 Å². The molecule has 1 aromatic carbocycles. The number of hydrogen-bond acceptors (Lipinski definition) is 3. The van der Waals surface area contributed by atoms with Crippen LogP contribution in [0.4, 0.5) is 0 Å². The molecule has 108 valence electrons. The fourth-order valence-corrected chi connectivity index (χ4v) is 2.30. The van der Waals surface area contributed by atoms with E-state index in [1.54, 1.807) is 6.33 Å². The molecule has 0 amide bonds. The summed E-state index contributed by atoms with van der Waals surface area (Å²) in [5.74, 6) is 1.56. The van der Waals surface area contributed by atoms with Crippen molar-refractivity contribution < 1.29 is 0 Å². The van der Waals surface area contributed by atoms with Crippen LogP contribution in [0.15, 0.2) is 35.1 Å². The van der Waals surface area contributed by atoms with Gasteiger partial charge in [-0.2, -0.15) is 5.10 Å². The Morgan fingerprint density at radius 1 is 1.20 bits per heavy atom. The second-order valence-corrected chi connectivity index (χ2v) is 6.32. The van der Waals surface area contributed by atoms with E-state index in [2.05, 4.69) is 76.4 Å². The van der Waals surface area contributed by atoms with Crippen molar-refractivity contribution in [2.45, 2.75) is 39.9 Å². The standard InChI is InChI=1S/C15H21BrN4/c1-11(2)9-20-15(18-10-19-20)8-17-12(3)13-4-6-14(16)7-5-13/h4-7,10-12,17H,8-9H2,1-3H3/t12-/m0/s1. The van der Waals surface area contributed by atoms with Gasteiger partial charge in [-0.1, -0.05) is 41.9 Å². The van der Waals surface area contributed by atoms with Crippen molar-refractivity contribution in [1.82, 2.24) is 20.1 Å². The van der Waals surface area contributed by atoms with Gasteiger partial charge in [-0.15, -0.1) is 0 Å². The van der Waals surface area contributed by atoms with Gasteiger partial charge in [-0.3, -0.25) is 0 Å². The Bertz CT molecular complexity index is 533. The Balaban J connectivity index is 1.95. The maximum Gasteiger partial charge on any atom is 0.140 e. The third-order valence-electron chi connectivity index (χ3n) is 3.17. The van der Waals surface area contributed by atoms with Crippen molar-refractivity contribution in [1.29, 1.82) is 0 Å². The zero-order valence-corrected chi connectivity index (χ0v) is 13.8. The van der Waals surface area contributed by atoms with Gasteiger partial charge in [0.2, 0.25) is 0 Å². The third kappa shape index (κ3) is 4.15. The molecule has 20 heavy (non-hydrogen) atoms. The first kappa shape index (κ1) is 15.2. The van der Waals surface area contributed by atoms with Crippen LogP contribution in [0.5, 0.6) is 0 Å². The van der Waals surface area contributed by atoms with E-state index in [4.69, 9.17) is 0 Å². The van der Waals surface area contributed by atoms with Crippen molar-refractivity contribution in [3.63, 3.8) is 0 Å². The van der Waals surface area contributed by atoms with E-state index >= 15 is 0 Å². The first-order valence-electron chi connectivity index (χ1n) is 6.91. The fourth-order valence-electron chi connectivity index (χ4n) is 2.04. The van der Waals surface area contributed by atoms with Gasteiger partial charge in [-0.25, -0.2) is 9.67 Å². The van der Waals surface area contributed by atoms with Gasteiger partial charge in [0.1, 0.15) is 12.2 Å². The minimum absolute atomic E-state index is 0.285. The molecule has 5 heteroatoms. The molecule has 1 aromatic heterocycles. The molecule has 0 spiro atoms. The molecule has 0 saturated carbocycles. The predicted octanol–water partition coefficient (Wildman–Crippen LogP) is 3.55. The summed E-state index contributed by atoms with van der Waals surface area (Å²) in [5.41, 5.74) is 1.27. The number of nitrogens with zero attached hydrogens (tertiary/aromatic N) is 3. The summed E-state index contributed by atoms with van der Waals surface area (Å²) in [7, 11) is 0. The first-order chi connectivity index (χ1) is 9.56. The number of nitrogens with one attached hydrogen (secondary N) is 1. The van der Waals surface area contributed by atoms with Crippen LogP contribution in [0.3, 0.4) is 0 Å². The Morgan fingerprint density at radius 2 is 1.90 bits per heavy atom. The zero-order valence-electron chi connectivity index (χ0n) is 12.2. The van der Waals surface area contributed by atoms with Crippen LogP contribution in [0.2, 0.25) is 0 Å². The molecule has 0 aliphatic rings. The molecule has 0 aliphatic carbocycles. The van der Waals surface area contributed by atoms with Crippen molar-refractivity contribution in [2.75, 3.05) is 0 Å². The minimum atomic E-state index is 0.285. The first-order valence-corrected chi connectivity index (χ1v) is 7.71. The molecule has 1 atom stereocenters. The monoisotopic (exact) mass is 336 g/mol. The zero-order chi connectivity index (χ0) is 14.5. The molecule has 0 fully saturated rings. The highest BCUT2D eigenvalue weighted by Crippen LogP contribution is 2.16. The van der Waals surface area contributed by atoms with Crippen molar-refractivity contribution in [2.24, 2.45) is 5.92 Å². The number of aromatic nitrogens is 3. The highest BCUT2D eigenvalue weighted by atomic mass is 79.9. The summed E-state index contributed by atoms with van der Waals surface area (Å²) in [6.07, 6.45) is 1.63. The Hall–Kier alpha value is -1.20. The van der Waals surface area contributed by atoms with Crippen LogP contribution >= 0.6 is 15.9 Å². The summed E-state index contributed by atoms with van der Waals surface area (Å²) in [4.78, 5) is 4.33. The van der Waals surface area contributed by atoms with Crippen LogP contribution in [0, 0.1) is 5.92 Å². The second-order valence-electron chi connectivity index (χ2n) is 5.41. The highest BCUT2D eigenvalue weighted by molar-refractivity contribution is 9.10. The minimum Gasteiger partial charge on any atom is -0.303 e. The molecule has 4 nitrogen and oxygen atoms in total. The molecule has 0 saturated heterocycles. The summed E-state index contributed by atoms with van der Waals surface area (Å²) >= 11 is 3.46. The topological polar surface area (TPSA) is 42.7 Å². The molecule has 2 aromatic rings. The lowest BCUT2D eigenvalue weighted by Crippen LogP contribution is -2.22. The summed E-state index contributed by atoms with van der Waals surface area (Å²) < 4.78 is 3.08. The van der Waals surface area contributed by atoms with E-state index in [9.17, 15) is 0 Å². The second kappa shape index (κ2) is 6.99. The normalized spacial score (nSPS) is 12.8. The third-order valence-corrected chi connectivity index (χ3v) is 3.70. The molecule has 0 unspecified atom stereocenters. The number of hydrogen-bond donors (Lipinski definition) is 1. The smallest absolute Gasteiger partial charge is 0.140 e. The van der Waals surface area contributed by atoms with Gasteiger partial charge in [0.15, 0.2) is 0 Å². The van der Waals surface area contributed by atoms with Gasteiger partial charge >= 0.3 is 0 Å². The SMILES string of the molecule is CC(C)Cn1ncnc1CN[C@@H](C)c1ccc(Br)cc1. The summed E-state index contributed by atoms with van der Waals surface area (Å²) in [6, 6.07) is 8.66. The van der Waals surface area contributed by atoms with E-state index in [-0.39, 0.29) is 6.04 Å². The van der Waals surface area contributed by atoms with Gasteiger partial charge in [-0.05, 0) is 30.5 Å². The Labute approximate surface area is 128 Å². The lowest BCUT2D eigenvalue weighted by atomic mass is 10.1. The van der Waals surface area contributed by atoms with Crippen LogP contribution in [-0.2, 0) is 13.1 Å². The van der Waals surface area contributed by atoms with Gasteiger partial charge in [0.25, 0.3) is 0 Å². The maximum absolute atomic E-state index is 4.33. The van der Waals surface area contributed by atoms with E-state index in [0.29, 0.717) is 5.92 Å². The van der Waals surface area contributed by atoms with Gasteiger partial charge < -0.3 is 5.32 Å². The lowest BCUT2D eigenvalue weighted by molar-refractivity contribution is 0.449. The van der Waals surface area contributed by atoms with Crippen molar-refractivity contribution in [3.05, 3.63) is 46.5 Å². The lowest BCUT2D eigenvalue weighted by Gasteiger charge is -2.15. The molecule has 0 bridgehead atoms. The summed E-state index contributed by atoms with van der Waals surface area (Å²) in [6.45, 7) is 8.16. The van der Waals surface area contributed by atoms with Crippen LogP contribution in [0.25, 0.3) is 0 Å². The molecule has 1 heterocycles. The average molecular weight is 337 g/mol. The van der Waals surface area contributed by atoms with E-state index in [0.717, 1.165) is 23.4 Å². The average Bonchev–Trinajstić information content (AvgIpc) is 2.83. The van der Waals surface area contributed by atoms with Crippen molar-refractivity contribution in [3.8, 4) is 0 Å². The molecule has 0 radical (unpaired) electrons. The quantitative estimate of drug-likeness (QED) is 0.877. The van der Waals surface area contributed by atoms with Crippen molar-refractivity contribution >= 4 is 15.9 Å². The fraction of sp³-hybridized carbons (Fsp3) is 0.467. The number of halogens is 1. The van der Waals surface area contributed by atoms with E-state index in [1.165, 1.54) is 5.56 Å². The predicted molar refractivity (Wildman–Crippen MR) is 84.3 cm³/mol. The largest absolute Gasteiger partial charge is 0.303 e. The highest BCUT2D eigenvalue weighted by Gasteiger charge is 2.09. The Morgan fingerprint density at radius 3 is 2.55 bits per heavy atom. The van der Waals surface area contributed by atoms with Gasteiger partial charge in [0.05, 0.1) is 6.54 Å². The molecule has 1 N–H and O–H groups in total. The molecular formula is C15H21BrN4. The Kier molecular flexibility index (Phi) is 5.31.